The van der Waals surface area contributed by atoms with E-state index in [4.69, 9.17) is 5.73 Å². The lowest BCUT2D eigenvalue weighted by molar-refractivity contribution is 0.428. The number of hydrogen-bond donors (Lipinski definition) is 1. The monoisotopic (exact) mass is 128 g/mol. The Kier molecular flexibility index (Phi) is 4.14. The molecule has 0 amide bonds. The number of hydrogen-bond acceptors (Lipinski definition) is 2. The maximum atomic E-state index is 5.44. The highest BCUT2D eigenvalue weighted by Crippen LogP contribution is 1.97. The summed E-state index contributed by atoms with van der Waals surface area (Å²) >= 11 is 0. The van der Waals surface area contributed by atoms with Crippen molar-refractivity contribution in [1.82, 2.24) is 4.90 Å². The third-order valence-corrected chi connectivity index (χ3v) is 1.12. The van der Waals surface area contributed by atoms with Crippen molar-refractivity contribution in [3.63, 3.8) is 0 Å². The van der Waals surface area contributed by atoms with Crippen LogP contribution in [0.15, 0.2) is 11.8 Å². The van der Waals surface area contributed by atoms with Crippen LogP contribution in [0.5, 0.6) is 0 Å². The van der Waals surface area contributed by atoms with Crippen LogP contribution in [0.1, 0.15) is 13.8 Å². The van der Waals surface area contributed by atoms with E-state index < -0.39 is 0 Å². The highest BCUT2D eigenvalue weighted by Gasteiger charge is 2.03. The molecule has 9 heavy (non-hydrogen) atoms. The molecule has 0 fully saturated rings. The quantitative estimate of drug-likeness (QED) is 0.523. The van der Waals surface area contributed by atoms with Gasteiger partial charge in [0.15, 0.2) is 0 Å². The van der Waals surface area contributed by atoms with Gasteiger partial charge in [-0.15, -0.1) is 0 Å². The van der Waals surface area contributed by atoms with Crippen molar-refractivity contribution in [1.29, 1.82) is 0 Å². The molecule has 0 aliphatic carbocycles. The molecule has 2 nitrogen and oxygen atoms in total. The Bertz CT molecular complexity index is 97.1. The van der Waals surface area contributed by atoms with Gasteiger partial charge >= 0.3 is 0 Å². The Morgan fingerprint density at radius 2 is 2.11 bits per heavy atom. The van der Waals surface area contributed by atoms with Gasteiger partial charge in [-0.2, -0.15) is 0 Å². The molecule has 1 aliphatic rings. The zero-order valence-corrected chi connectivity index (χ0v) is 6.52. The van der Waals surface area contributed by atoms with Crippen LogP contribution in [0.2, 0.25) is 0 Å². The van der Waals surface area contributed by atoms with E-state index in [-0.39, 0.29) is 0 Å². The van der Waals surface area contributed by atoms with Crippen molar-refractivity contribution in [2.75, 3.05) is 20.1 Å². The van der Waals surface area contributed by atoms with Crippen LogP contribution in [-0.4, -0.2) is 25.0 Å². The first-order valence-electron chi connectivity index (χ1n) is 3.42. The van der Waals surface area contributed by atoms with Crippen LogP contribution in [0.4, 0.5) is 0 Å². The van der Waals surface area contributed by atoms with Gasteiger partial charge in [0.05, 0.1) is 0 Å². The first kappa shape index (κ1) is 8.50. The Hall–Kier alpha value is -0.500. The largest absolute Gasteiger partial charge is 0.401 e. The first-order valence-corrected chi connectivity index (χ1v) is 3.42. The second kappa shape index (κ2) is 4.39. The summed E-state index contributed by atoms with van der Waals surface area (Å²) in [7, 11) is 2.05. The Morgan fingerprint density at radius 3 is 2.22 bits per heavy atom. The normalized spacial score (nSPS) is 18.3. The van der Waals surface area contributed by atoms with Gasteiger partial charge < -0.3 is 5.73 Å². The van der Waals surface area contributed by atoms with Crippen LogP contribution >= 0.6 is 0 Å². The van der Waals surface area contributed by atoms with E-state index in [1.165, 1.54) is 0 Å². The minimum absolute atomic E-state index is 0.944. The predicted octanol–water partition coefficient (Wildman–Crippen LogP) is 0.801. The van der Waals surface area contributed by atoms with E-state index in [0.29, 0.717) is 0 Å². The Labute approximate surface area is 57.3 Å². The van der Waals surface area contributed by atoms with Crippen molar-refractivity contribution in [2.24, 2.45) is 5.73 Å². The lowest BCUT2D eigenvalue weighted by atomic mass is 10.5. The van der Waals surface area contributed by atoms with Crippen LogP contribution in [-0.2, 0) is 0 Å². The van der Waals surface area contributed by atoms with Gasteiger partial charge in [0, 0.05) is 18.8 Å². The van der Waals surface area contributed by atoms with E-state index >= 15 is 0 Å². The van der Waals surface area contributed by atoms with Gasteiger partial charge in [-0.1, -0.05) is 19.9 Å². The molecule has 0 aromatic carbocycles. The number of likely N-dealkylation sites (N-methyl/N-ethyl adjacent to an activating group) is 1. The van der Waals surface area contributed by atoms with Gasteiger partial charge in [-0.3, -0.25) is 4.90 Å². The number of rotatable bonds is 0. The average molecular weight is 128 g/mol. The molecule has 0 saturated heterocycles. The molecule has 0 saturated carbocycles. The third-order valence-electron chi connectivity index (χ3n) is 1.12. The predicted molar refractivity (Wildman–Crippen MR) is 41.1 cm³/mol. The molecule has 1 aliphatic heterocycles. The van der Waals surface area contributed by atoms with Crippen LogP contribution < -0.4 is 5.73 Å². The zero-order chi connectivity index (χ0) is 7.28. The summed E-state index contributed by atoms with van der Waals surface area (Å²) in [6, 6.07) is 0. The van der Waals surface area contributed by atoms with Crippen LogP contribution in [0.3, 0.4) is 0 Å². The second-order valence-corrected chi connectivity index (χ2v) is 1.98. The van der Waals surface area contributed by atoms with Crippen LogP contribution in [0.25, 0.3) is 0 Å². The van der Waals surface area contributed by atoms with E-state index in [0.717, 1.165) is 18.8 Å². The summed E-state index contributed by atoms with van der Waals surface area (Å²) in [5, 5.41) is 0. The lowest BCUT2D eigenvalue weighted by Crippen LogP contribution is -2.15. The fourth-order valence-electron chi connectivity index (χ4n) is 0.714. The lowest BCUT2D eigenvalue weighted by Gasteiger charge is -2.03. The fourth-order valence-corrected chi connectivity index (χ4v) is 0.714. The zero-order valence-electron chi connectivity index (χ0n) is 6.52. The first-order chi connectivity index (χ1) is 4.29. The summed E-state index contributed by atoms with van der Waals surface area (Å²) in [6.45, 7) is 5.96. The molecular formula is C7H16N2. The summed E-state index contributed by atoms with van der Waals surface area (Å²) in [4.78, 5) is 2.16. The number of nitrogens with zero attached hydrogens (tertiary/aromatic N) is 1. The van der Waals surface area contributed by atoms with E-state index in [1.807, 2.05) is 19.9 Å². The average Bonchev–Trinajstić information content (AvgIpc) is 2.20. The minimum Gasteiger partial charge on any atom is -0.401 e. The smallest absolute Gasteiger partial charge is 0.0377 e. The van der Waals surface area contributed by atoms with E-state index in [9.17, 15) is 0 Å². The highest BCUT2D eigenvalue weighted by atomic mass is 15.1. The van der Waals surface area contributed by atoms with Gasteiger partial charge in [-0.05, 0) is 7.05 Å². The molecule has 2 N–H and O–H groups in total. The van der Waals surface area contributed by atoms with Gasteiger partial charge in [-0.25, -0.2) is 0 Å². The second-order valence-electron chi connectivity index (χ2n) is 1.98. The van der Waals surface area contributed by atoms with Crippen LogP contribution in [0, 0.1) is 0 Å². The van der Waals surface area contributed by atoms with Crippen molar-refractivity contribution in [2.45, 2.75) is 13.8 Å². The molecular weight excluding hydrogens is 112 g/mol. The molecule has 0 spiro atoms. The van der Waals surface area contributed by atoms with Crippen molar-refractivity contribution in [3.05, 3.63) is 11.8 Å². The van der Waals surface area contributed by atoms with Crippen molar-refractivity contribution < 1.29 is 0 Å². The molecule has 0 aromatic rings. The molecule has 1 heterocycles. The Morgan fingerprint density at radius 1 is 1.56 bits per heavy atom. The van der Waals surface area contributed by atoms with Gasteiger partial charge in [0.1, 0.15) is 0 Å². The van der Waals surface area contributed by atoms with Gasteiger partial charge in [0.25, 0.3) is 0 Å². The molecule has 0 atom stereocenters. The SMILES string of the molecule is CC.CN1CC=C(N)C1. The molecule has 54 valence electrons. The summed E-state index contributed by atoms with van der Waals surface area (Å²) in [5.74, 6) is 0. The number of nitrogens with two attached hydrogens (primary N) is 1. The summed E-state index contributed by atoms with van der Waals surface area (Å²) in [5.41, 5.74) is 6.45. The highest BCUT2D eigenvalue weighted by molar-refractivity contribution is 5.05. The van der Waals surface area contributed by atoms with E-state index in [2.05, 4.69) is 11.9 Å². The minimum atomic E-state index is 0.944. The molecule has 0 unspecified atom stereocenters. The molecule has 0 bridgehead atoms. The van der Waals surface area contributed by atoms with E-state index in [1.54, 1.807) is 0 Å². The van der Waals surface area contributed by atoms with Crippen molar-refractivity contribution >= 4 is 0 Å². The summed E-state index contributed by atoms with van der Waals surface area (Å²) < 4.78 is 0. The topological polar surface area (TPSA) is 29.3 Å². The molecule has 2 heteroatoms. The maximum absolute atomic E-state index is 5.44. The molecule has 1 rings (SSSR count). The molecule has 0 aromatic heterocycles. The fraction of sp³-hybridized carbons (Fsp3) is 0.714. The third kappa shape index (κ3) is 3.14. The van der Waals surface area contributed by atoms with Gasteiger partial charge in [0.2, 0.25) is 0 Å². The summed E-state index contributed by atoms with van der Waals surface area (Å²) in [6.07, 6.45) is 2.04. The van der Waals surface area contributed by atoms with Crippen molar-refractivity contribution in [3.8, 4) is 0 Å². The molecule has 0 radical (unpaired) electrons. The standard InChI is InChI=1S/C5H10N2.C2H6/c1-7-3-2-5(6)4-7;1-2/h2H,3-4,6H2,1H3;1-2H3. The Balaban J connectivity index is 0.000000291. The maximum Gasteiger partial charge on any atom is 0.0377 e.